The summed E-state index contributed by atoms with van der Waals surface area (Å²) in [5, 5.41) is 9.66. The molecule has 118 valence electrons. The number of rotatable bonds is 2. The molecule has 0 atom stereocenters. The number of nitrogens with zero attached hydrogens (tertiary/aromatic N) is 4. The van der Waals surface area contributed by atoms with E-state index in [1.54, 1.807) is 0 Å². The third-order valence-corrected chi connectivity index (χ3v) is 5.04. The van der Waals surface area contributed by atoms with Crippen LogP contribution in [-0.4, -0.2) is 28.0 Å². The van der Waals surface area contributed by atoms with Gasteiger partial charge in [-0.05, 0) is 19.8 Å². The molecule has 0 aromatic carbocycles. The van der Waals surface area contributed by atoms with Crippen molar-refractivity contribution in [3.05, 3.63) is 22.8 Å². The maximum Gasteiger partial charge on any atom is 0.142 e. The Morgan fingerprint density at radius 1 is 1.35 bits per heavy atom. The largest absolute Gasteiger partial charge is 0.383 e. The van der Waals surface area contributed by atoms with E-state index in [2.05, 4.69) is 27.9 Å². The zero-order valence-corrected chi connectivity index (χ0v) is 13.5. The van der Waals surface area contributed by atoms with E-state index >= 15 is 0 Å². The second kappa shape index (κ2) is 4.98. The fourth-order valence-electron chi connectivity index (χ4n) is 3.87. The number of nitrogen functional groups attached to an aromatic ring is 1. The van der Waals surface area contributed by atoms with Crippen molar-refractivity contribution in [1.82, 2.24) is 15.0 Å². The summed E-state index contributed by atoms with van der Waals surface area (Å²) in [7, 11) is 0. The number of anilines is 2. The van der Waals surface area contributed by atoms with Crippen LogP contribution in [0, 0.1) is 18.3 Å². The van der Waals surface area contributed by atoms with E-state index in [0.29, 0.717) is 17.3 Å². The van der Waals surface area contributed by atoms with Crippen LogP contribution in [0.25, 0.3) is 11.3 Å². The highest BCUT2D eigenvalue weighted by Crippen LogP contribution is 2.48. The Kier molecular flexibility index (Phi) is 3.05. The summed E-state index contributed by atoms with van der Waals surface area (Å²) < 4.78 is 0. The molecular weight excluding hydrogens is 288 g/mol. The number of pyridine rings is 1. The minimum atomic E-state index is 0.329. The Morgan fingerprint density at radius 3 is 2.70 bits per heavy atom. The summed E-state index contributed by atoms with van der Waals surface area (Å²) in [6.45, 7) is 6.10. The number of aromatic amines is 1. The number of nitrogens with one attached hydrogen (secondary N) is 1. The predicted molar refractivity (Wildman–Crippen MR) is 89.2 cm³/mol. The van der Waals surface area contributed by atoms with Crippen LogP contribution >= 0.6 is 0 Å². The number of hydrogen-bond donors (Lipinski definition) is 2. The molecule has 0 saturated carbocycles. The molecule has 2 aromatic rings. The minimum absolute atomic E-state index is 0.329. The van der Waals surface area contributed by atoms with Gasteiger partial charge in [-0.2, -0.15) is 5.26 Å². The molecular formula is C17H20N6. The standard InChI is InChI=1S/C17H20N6/c1-3-12-20-9(2)14(21-12)13-11(8-18)17(19)22-15-10-4-6-23(7-5-10)16(13)15/h10H,3-7H2,1-2H3,(H2,19,22)(H,20,21). The molecule has 0 unspecified atom stereocenters. The molecule has 5 heterocycles. The van der Waals surface area contributed by atoms with Crippen molar-refractivity contribution in [2.24, 2.45) is 0 Å². The quantitative estimate of drug-likeness (QED) is 0.888. The summed E-state index contributed by atoms with van der Waals surface area (Å²) in [5.41, 5.74) is 11.4. The SMILES string of the molecule is CCc1nc(-c2c(C#N)c(N)nc3c2N2CCC3CC2)c(C)[nH]1. The highest BCUT2D eigenvalue weighted by atomic mass is 15.2. The molecule has 6 heteroatoms. The van der Waals surface area contributed by atoms with Crippen LogP contribution in [0.15, 0.2) is 0 Å². The minimum Gasteiger partial charge on any atom is -0.383 e. The second-order valence-electron chi connectivity index (χ2n) is 6.36. The average molecular weight is 308 g/mol. The molecule has 5 rings (SSSR count). The Labute approximate surface area is 135 Å². The summed E-state index contributed by atoms with van der Waals surface area (Å²) >= 11 is 0. The topological polar surface area (TPSA) is 94.6 Å². The molecule has 0 radical (unpaired) electrons. The van der Waals surface area contributed by atoms with Gasteiger partial charge in [-0.15, -0.1) is 0 Å². The van der Waals surface area contributed by atoms with Gasteiger partial charge < -0.3 is 15.6 Å². The predicted octanol–water partition coefficient (Wildman–Crippen LogP) is 2.49. The maximum absolute atomic E-state index is 9.66. The van der Waals surface area contributed by atoms with Gasteiger partial charge >= 0.3 is 0 Å². The molecule has 3 aliphatic rings. The van der Waals surface area contributed by atoms with Crippen LogP contribution in [0.5, 0.6) is 0 Å². The zero-order valence-electron chi connectivity index (χ0n) is 13.5. The molecule has 1 saturated heterocycles. The molecule has 2 aromatic heterocycles. The van der Waals surface area contributed by atoms with Crippen LogP contribution in [0.1, 0.15) is 48.5 Å². The van der Waals surface area contributed by atoms with E-state index in [1.807, 2.05) is 6.92 Å². The number of imidazole rings is 1. The van der Waals surface area contributed by atoms with Crippen molar-refractivity contribution < 1.29 is 0 Å². The van der Waals surface area contributed by atoms with Gasteiger partial charge in [-0.1, -0.05) is 6.92 Å². The first-order valence-electron chi connectivity index (χ1n) is 8.18. The number of H-pyrrole nitrogens is 1. The van der Waals surface area contributed by atoms with E-state index in [1.165, 1.54) is 0 Å². The Hall–Kier alpha value is -2.55. The Morgan fingerprint density at radius 2 is 2.09 bits per heavy atom. The number of nitrogens with two attached hydrogens (primary N) is 1. The fraction of sp³-hybridized carbons (Fsp3) is 0.471. The molecule has 0 aliphatic carbocycles. The van der Waals surface area contributed by atoms with Crippen molar-refractivity contribution in [2.45, 2.75) is 39.0 Å². The van der Waals surface area contributed by atoms with Crippen LogP contribution in [-0.2, 0) is 6.42 Å². The normalized spacial score (nSPS) is 16.5. The van der Waals surface area contributed by atoms with Crippen LogP contribution < -0.4 is 10.6 Å². The van der Waals surface area contributed by atoms with E-state index in [9.17, 15) is 5.26 Å². The van der Waals surface area contributed by atoms with Crippen molar-refractivity contribution in [2.75, 3.05) is 23.7 Å². The fourth-order valence-corrected chi connectivity index (χ4v) is 3.87. The molecule has 23 heavy (non-hydrogen) atoms. The molecule has 6 nitrogen and oxygen atoms in total. The molecule has 2 bridgehead atoms. The van der Waals surface area contributed by atoms with Crippen molar-refractivity contribution >= 4 is 11.5 Å². The first kappa shape index (κ1) is 14.1. The number of nitriles is 1. The van der Waals surface area contributed by atoms with Gasteiger partial charge in [0, 0.05) is 36.7 Å². The van der Waals surface area contributed by atoms with Gasteiger partial charge in [0.1, 0.15) is 23.3 Å². The number of hydrogen-bond acceptors (Lipinski definition) is 5. The number of aryl methyl sites for hydroxylation is 2. The first-order valence-corrected chi connectivity index (χ1v) is 8.18. The van der Waals surface area contributed by atoms with Crippen molar-refractivity contribution in [3.63, 3.8) is 0 Å². The second-order valence-corrected chi connectivity index (χ2v) is 6.36. The van der Waals surface area contributed by atoms with E-state index in [0.717, 1.165) is 66.5 Å². The van der Waals surface area contributed by atoms with Crippen LogP contribution in [0.4, 0.5) is 11.5 Å². The Bertz CT molecular complexity index is 821. The summed E-state index contributed by atoms with van der Waals surface area (Å²) in [4.78, 5) is 15.0. The lowest BCUT2D eigenvalue weighted by atomic mass is 9.83. The smallest absolute Gasteiger partial charge is 0.142 e. The number of fused-ring (bicyclic) bond motifs is 2. The van der Waals surface area contributed by atoms with E-state index < -0.39 is 0 Å². The van der Waals surface area contributed by atoms with Gasteiger partial charge in [0.2, 0.25) is 0 Å². The van der Waals surface area contributed by atoms with Crippen LogP contribution in [0.3, 0.4) is 0 Å². The molecule has 3 N–H and O–H groups in total. The molecule has 1 fully saturated rings. The third-order valence-electron chi connectivity index (χ3n) is 5.04. The third kappa shape index (κ3) is 1.93. The lowest BCUT2D eigenvalue weighted by Crippen LogP contribution is -2.40. The van der Waals surface area contributed by atoms with Gasteiger partial charge in [0.05, 0.1) is 17.1 Å². The Balaban J connectivity index is 2.05. The highest BCUT2D eigenvalue weighted by molar-refractivity contribution is 5.88. The van der Waals surface area contributed by atoms with Gasteiger partial charge in [0.15, 0.2) is 0 Å². The monoisotopic (exact) mass is 308 g/mol. The van der Waals surface area contributed by atoms with Gasteiger partial charge in [-0.25, -0.2) is 9.97 Å². The van der Waals surface area contributed by atoms with Crippen molar-refractivity contribution in [1.29, 1.82) is 5.26 Å². The first-order chi connectivity index (χ1) is 11.1. The number of aromatic nitrogens is 3. The summed E-state index contributed by atoms with van der Waals surface area (Å²) in [5.74, 6) is 1.71. The molecule has 3 aliphatic heterocycles. The van der Waals surface area contributed by atoms with Crippen molar-refractivity contribution in [3.8, 4) is 17.3 Å². The maximum atomic E-state index is 9.66. The lowest BCUT2D eigenvalue weighted by Gasteiger charge is -2.42. The summed E-state index contributed by atoms with van der Waals surface area (Å²) in [6, 6.07) is 2.26. The molecule has 0 spiro atoms. The zero-order chi connectivity index (χ0) is 16.1. The average Bonchev–Trinajstić information content (AvgIpc) is 2.95. The number of piperidine rings is 1. The van der Waals surface area contributed by atoms with E-state index in [-0.39, 0.29) is 0 Å². The summed E-state index contributed by atoms with van der Waals surface area (Å²) in [6.07, 6.45) is 3.06. The molecule has 0 amide bonds. The lowest BCUT2D eigenvalue weighted by molar-refractivity contribution is 0.465. The highest BCUT2D eigenvalue weighted by Gasteiger charge is 2.37. The van der Waals surface area contributed by atoms with E-state index in [4.69, 9.17) is 10.7 Å². The van der Waals surface area contributed by atoms with Gasteiger partial charge in [-0.3, -0.25) is 0 Å². The van der Waals surface area contributed by atoms with Gasteiger partial charge in [0.25, 0.3) is 0 Å². The van der Waals surface area contributed by atoms with Crippen LogP contribution in [0.2, 0.25) is 0 Å².